The van der Waals surface area contributed by atoms with Gasteiger partial charge in [-0.3, -0.25) is 0 Å². The predicted octanol–water partition coefficient (Wildman–Crippen LogP) is 3.57. The molecule has 1 aromatic rings. The van der Waals surface area contributed by atoms with Crippen LogP contribution in [0.25, 0.3) is 0 Å². The Labute approximate surface area is 99.1 Å². The van der Waals surface area contributed by atoms with Crippen LogP contribution in [0, 0.1) is 9.65 Å². The Bertz CT molecular complexity index is 360. The molecule has 0 fully saturated rings. The highest BCUT2D eigenvalue weighted by atomic mass is 127. The van der Waals surface area contributed by atoms with Gasteiger partial charge in [0, 0.05) is 3.57 Å². The predicted molar refractivity (Wildman–Crippen MR) is 58.7 cm³/mol. The van der Waals surface area contributed by atoms with Crippen LogP contribution in [0.5, 0.6) is 5.75 Å². The molecule has 5 heteroatoms. The van der Waals surface area contributed by atoms with Gasteiger partial charge in [0.25, 0.3) is 0 Å². The van der Waals surface area contributed by atoms with Crippen molar-refractivity contribution < 1.29 is 17.9 Å². The molecular weight excluding hydrogens is 320 g/mol. The van der Waals surface area contributed by atoms with Crippen molar-refractivity contribution in [2.75, 3.05) is 6.61 Å². The molecule has 0 amide bonds. The summed E-state index contributed by atoms with van der Waals surface area (Å²) < 4.78 is 41.0. The minimum absolute atomic E-state index is 0.172. The Morgan fingerprint density at radius 2 is 2.00 bits per heavy atom. The second kappa shape index (κ2) is 4.87. The van der Waals surface area contributed by atoms with Gasteiger partial charge in [0.15, 0.2) is 6.61 Å². The maximum Gasteiger partial charge on any atom is 0.422 e. The molecule has 0 spiro atoms. The quantitative estimate of drug-likeness (QED) is 0.772. The van der Waals surface area contributed by atoms with E-state index in [2.05, 4.69) is 17.4 Å². The lowest BCUT2D eigenvalue weighted by Crippen LogP contribution is -2.19. The first-order valence-corrected chi connectivity index (χ1v) is 5.02. The molecule has 0 heterocycles. The summed E-state index contributed by atoms with van der Waals surface area (Å²) in [7, 11) is 0. The Morgan fingerprint density at radius 1 is 1.33 bits per heavy atom. The molecule has 0 saturated heterocycles. The van der Waals surface area contributed by atoms with E-state index < -0.39 is 12.8 Å². The number of hydrogen-bond donors (Lipinski definition) is 0. The summed E-state index contributed by atoms with van der Waals surface area (Å²) in [5, 5.41) is 0. The van der Waals surface area contributed by atoms with Gasteiger partial charge in [0.05, 0.1) is 0 Å². The molecular formula is C10H7F3IO. The summed E-state index contributed by atoms with van der Waals surface area (Å²) in [5.74, 6) is 0.172. The summed E-state index contributed by atoms with van der Waals surface area (Å²) in [4.78, 5) is 0. The van der Waals surface area contributed by atoms with Gasteiger partial charge < -0.3 is 4.74 Å². The fourth-order valence-electron chi connectivity index (χ4n) is 0.913. The maximum absolute atomic E-state index is 11.9. The molecule has 0 atom stereocenters. The Hall–Kier alpha value is -0.720. The normalized spacial score (nSPS) is 11.2. The van der Waals surface area contributed by atoms with Crippen LogP contribution < -0.4 is 4.74 Å². The minimum Gasteiger partial charge on any atom is -0.484 e. The lowest BCUT2D eigenvalue weighted by atomic mass is 10.2. The van der Waals surface area contributed by atoms with E-state index in [4.69, 9.17) is 0 Å². The first kappa shape index (κ1) is 12.4. The number of alkyl halides is 3. The van der Waals surface area contributed by atoms with Gasteiger partial charge >= 0.3 is 6.18 Å². The van der Waals surface area contributed by atoms with Gasteiger partial charge in [-0.15, -0.1) is 0 Å². The molecule has 0 unspecified atom stereocenters. The van der Waals surface area contributed by atoms with Gasteiger partial charge in [0.2, 0.25) is 0 Å². The number of hydrogen-bond acceptors (Lipinski definition) is 1. The summed E-state index contributed by atoms with van der Waals surface area (Å²) in [6, 6.07) is 4.72. The summed E-state index contributed by atoms with van der Waals surface area (Å²) in [5.41, 5.74) is 0.610. The van der Waals surface area contributed by atoms with Gasteiger partial charge in [-0.1, -0.05) is 6.58 Å². The van der Waals surface area contributed by atoms with Crippen LogP contribution in [-0.2, 0) is 0 Å². The zero-order valence-corrected chi connectivity index (χ0v) is 9.72. The zero-order chi connectivity index (χ0) is 11.5. The van der Waals surface area contributed by atoms with Crippen molar-refractivity contribution in [1.82, 2.24) is 0 Å². The second-order valence-electron chi connectivity index (χ2n) is 2.76. The van der Waals surface area contributed by atoms with Gasteiger partial charge in [0.1, 0.15) is 5.75 Å². The molecule has 1 aromatic carbocycles. The van der Waals surface area contributed by atoms with E-state index in [1.165, 1.54) is 12.1 Å². The van der Waals surface area contributed by atoms with Crippen molar-refractivity contribution in [2.24, 2.45) is 0 Å². The summed E-state index contributed by atoms with van der Waals surface area (Å²) in [6.07, 6.45) is -1.73. The average molecular weight is 327 g/mol. The molecule has 1 radical (unpaired) electrons. The first-order chi connectivity index (χ1) is 6.90. The lowest BCUT2D eigenvalue weighted by molar-refractivity contribution is -0.153. The Kier molecular flexibility index (Phi) is 4.01. The summed E-state index contributed by atoms with van der Waals surface area (Å²) >= 11 is 1.99. The summed E-state index contributed by atoms with van der Waals surface area (Å²) in [6.45, 7) is 2.13. The third kappa shape index (κ3) is 4.55. The van der Waals surface area contributed by atoms with Crippen molar-refractivity contribution in [1.29, 1.82) is 0 Å². The molecule has 0 aliphatic carbocycles. The van der Waals surface area contributed by atoms with Crippen LogP contribution in [0.2, 0.25) is 0 Å². The van der Waals surface area contributed by atoms with E-state index in [1.54, 1.807) is 6.07 Å². The van der Waals surface area contributed by atoms with E-state index in [0.29, 0.717) is 5.56 Å². The van der Waals surface area contributed by atoms with E-state index in [9.17, 15) is 13.2 Å². The minimum atomic E-state index is -4.32. The highest BCUT2D eigenvalue weighted by Crippen LogP contribution is 2.22. The monoisotopic (exact) mass is 327 g/mol. The third-order valence-electron chi connectivity index (χ3n) is 1.48. The fourth-order valence-corrected chi connectivity index (χ4v) is 1.56. The second-order valence-corrected chi connectivity index (χ2v) is 4.00. The van der Waals surface area contributed by atoms with Crippen LogP contribution in [-0.4, -0.2) is 12.8 Å². The molecule has 0 N–H and O–H groups in total. The number of halogens is 4. The molecule has 15 heavy (non-hydrogen) atoms. The molecule has 1 nitrogen and oxygen atoms in total. The third-order valence-corrected chi connectivity index (χ3v) is 2.10. The molecule has 0 aliphatic rings. The van der Waals surface area contributed by atoms with Gasteiger partial charge in [-0.25, -0.2) is 0 Å². The standard InChI is InChI=1S/C10H7F3IO/c1-2-7-3-8(14)5-9(4-7)15-6-10(11,12)13/h3-5H,1,6H2. The van der Waals surface area contributed by atoms with Crippen molar-refractivity contribution in [2.45, 2.75) is 6.18 Å². The van der Waals surface area contributed by atoms with Crippen molar-refractivity contribution >= 4 is 22.6 Å². The number of benzene rings is 1. The van der Waals surface area contributed by atoms with Crippen molar-refractivity contribution in [3.05, 3.63) is 40.0 Å². The topological polar surface area (TPSA) is 9.23 Å². The molecule has 0 aromatic heterocycles. The van der Waals surface area contributed by atoms with Crippen molar-refractivity contribution in [3.8, 4) is 5.75 Å². The van der Waals surface area contributed by atoms with E-state index in [0.717, 1.165) is 3.57 Å². The molecule has 81 valence electrons. The van der Waals surface area contributed by atoms with Crippen LogP contribution in [0.3, 0.4) is 0 Å². The maximum atomic E-state index is 11.9. The average Bonchev–Trinajstić information content (AvgIpc) is 2.13. The SMILES string of the molecule is C=[C]c1cc(I)cc(OCC(F)(F)F)c1. The van der Waals surface area contributed by atoms with Gasteiger partial charge in [-0.05, 0) is 52.4 Å². The Morgan fingerprint density at radius 3 is 2.53 bits per heavy atom. The van der Waals surface area contributed by atoms with E-state index >= 15 is 0 Å². The van der Waals surface area contributed by atoms with Crippen molar-refractivity contribution in [3.63, 3.8) is 0 Å². The molecule has 0 saturated carbocycles. The molecule has 0 aliphatic heterocycles. The largest absolute Gasteiger partial charge is 0.484 e. The zero-order valence-electron chi connectivity index (χ0n) is 7.57. The fraction of sp³-hybridized carbons (Fsp3) is 0.200. The first-order valence-electron chi connectivity index (χ1n) is 3.94. The number of ether oxygens (including phenoxy) is 1. The smallest absolute Gasteiger partial charge is 0.422 e. The molecule has 0 bridgehead atoms. The molecule has 1 rings (SSSR count). The highest BCUT2D eigenvalue weighted by Gasteiger charge is 2.28. The number of rotatable bonds is 3. The van der Waals surface area contributed by atoms with E-state index in [-0.39, 0.29) is 5.75 Å². The lowest BCUT2D eigenvalue weighted by Gasteiger charge is -2.09. The van der Waals surface area contributed by atoms with E-state index in [1.807, 2.05) is 22.6 Å². The Balaban J connectivity index is 2.77. The van der Waals surface area contributed by atoms with Crippen LogP contribution in [0.15, 0.2) is 24.8 Å². The van der Waals surface area contributed by atoms with Crippen LogP contribution in [0.4, 0.5) is 13.2 Å². The van der Waals surface area contributed by atoms with Gasteiger partial charge in [-0.2, -0.15) is 13.2 Å². The van der Waals surface area contributed by atoms with Crippen LogP contribution in [0.1, 0.15) is 5.56 Å². The van der Waals surface area contributed by atoms with Crippen LogP contribution >= 0.6 is 22.6 Å². The highest BCUT2D eigenvalue weighted by molar-refractivity contribution is 14.1.